The van der Waals surface area contributed by atoms with Crippen LogP contribution in [0.15, 0.2) is 0 Å². The van der Waals surface area contributed by atoms with Crippen LogP contribution < -0.4 is 10.6 Å². The first-order valence-electron chi connectivity index (χ1n) is 6.62. The van der Waals surface area contributed by atoms with Gasteiger partial charge in [-0.2, -0.15) is 11.8 Å². The fourth-order valence-electron chi connectivity index (χ4n) is 2.04. The molecule has 0 bridgehead atoms. The quantitative estimate of drug-likeness (QED) is 0.757. The van der Waals surface area contributed by atoms with Gasteiger partial charge >= 0.3 is 6.03 Å². The second kappa shape index (κ2) is 7.24. The molecule has 0 aliphatic heterocycles. The topological polar surface area (TPSA) is 50.4 Å². The van der Waals surface area contributed by atoms with E-state index in [0.29, 0.717) is 12.6 Å². The summed E-state index contributed by atoms with van der Waals surface area (Å²) in [5, 5.41) is 5.90. The molecule has 5 heteroatoms. The van der Waals surface area contributed by atoms with Crippen molar-refractivity contribution in [2.24, 2.45) is 0 Å². The minimum atomic E-state index is -0.0498. The number of carbonyl (C=O) groups excluding carboxylic acids is 1. The van der Waals surface area contributed by atoms with Crippen molar-refractivity contribution >= 4 is 17.8 Å². The molecular weight excluding hydrogens is 248 g/mol. The molecule has 0 saturated heterocycles. The molecule has 0 unspecified atom stereocenters. The van der Waals surface area contributed by atoms with Crippen LogP contribution in [-0.4, -0.2) is 42.3 Å². The highest BCUT2D eigenvalue weighted by Gasteiger charge is 2.25. The number of methoxy groups -OCH3 is 1. The fourth-order valence-corrected chi connectivity index (χ4v) is 2.86. The minimum Gasteiger partial charge on any atom is -0.381 e. The summed E-state index contributed by atoms with van der Waals surface area (Å²) in [6.45, 7) is 7.26. The highest BCUT2D eigenvalue weighted by atomic mass is 32.2. The highest BCUT2D eigenvalue weighted by molar-refractivity contribution is 8.00. The smallest absolute Gasteiger partial charge is 0.315 e. The van der Waals surface area contributed by atoms with Crippen molar-refractivity contribution in [2.75, 3.05) is 19.4 Å². The van der Waals surface area contributed by atoms with Crippen molar-refractivity contribution in [3.05, 3.63) is 0 Å². The SMILES string of the molecule is CO[C@@H]1CC[C@@H](NC(=O)NCCSC(C)(C)C)C1. The minimum absolute atomic E-state index is 0.0498. The largest absolute Gasteiger partial charge is 0.381 e. The second-order valence-corrected chi connectivity index (χ2v) is 7.65. The van der Waals surface area contributed by atoms with E-state index in [1.807, 2.05) is 11.8 Å². The maximum Gasteiger partial charge on any atom is 0.315 e. The summed E-state index contributed by atoms with van der Waals surface area (Å²) in [6.07, 6.45) is 3.30. The molecule has 106 valence electrons. The third kappa shape index (κ3) is 6.50. The Balaban J connectivity index is 2.08. The highest BCUT2D eigenvalue weighted by Crippen LogP contribution is 2.22. The molecule has 0 heterocycles. The maximum absolute atomic E-state index is 11.6. The van der Waals surface area contributed by atoms with Crippen LogP contribution in [-0.2, 0) is 4.74 Å². The maximum atomic E-state index is 11.6. The van der Waals surface area contributed by atoms with Crippen molar-refractivity contribution in [1.82, 2.24) is 10.6 Å². The lowest BCUT2D eigenvalue weighted by Gasteiger charge is -2.18. The van der Waals surface area contributed by atoms with Crippen LogP contribution in [0.25, 0.3) is 0 Å². The number of urea groups is 1. The molecule has 2 N–H and O–H groups in total. The van der Waals surface area contributed by atoms with Gasteiger partial charge in [-0.1, -0.05) is 20.8 Å². The van der Waals surface area contributed by atoms with Gasteiger partial charge in [-0.25, -0.2) is 4.79 Å². The van der Waals surface area contributed by atoms with Crippen molar-refractivity contribution in [1.29, 1.82) is 0 Å². The number of hydrogen-bond acceptors (Lipinski definition) is 3. The van der Waals surface area contributed by atoms with Gasteiger partial charge in [-0.3, -0.25) is 0 Å². The molecule has 2 amide bonds. The Hall–Kier alpha value is -0.420. The van der Waals surface area contributed by atoms with E-state index in [-0.39, 0.29) is 16.8 Å². The predicted octanol–water partition coefficient (Wildman–Crippen LogP) is 2.38. The van der Waals surface area contributed by atoms with E-state index in [2.05, 4.69) is 31.4 Å². The number of ether oxygens (including phenoxy) is 1. The standard InChI is InChI=1S/C13H26N2O2S/c1-13(2,3)18-8-7-14-12(16)15-10-5-6-11(9-10)17-4/h10-11H,5-9H2,1-4H3,(H2,14,15,16)/t10-,11-/m1/s1. The molecule has 18 heavy (non-hydrogen) atoms. The Bertz CT molecular complexity index is 266. The molecule has 0 aromatic carbocycles. The third-order valence-corrected chi connectivity index (χ3v) is 4.25. The average Bonchev–Trinajstić information content (AvgIpc) is 2.71. The molecule has 0 spiro atoms. The van der Waals surface area contributed by atoms with Gasteiger partial charge in [0.25, 0.3) is 0 Å². The monoisotopic (exact) mass is 274 g/mol. The Morgan fingerprint density at radius 1 is 1.39 bits per heavy atom. The van der Waals surface area contributed by atoms with Crippen LogP contribution in [0.1, 0.15) is 40.0 Å². The van der Waals surface area contributed by atoms with Crippen molar-refractivity contribution in [3.63, 3.8) is 0 Å². The van der Waals surface area contributed by atoms with E-state index < -0.39 is 0 Å². The van der Waals surface area contributed by atoms with E-state index in [1.165, 1.54) is 0 Å². The number of carbonyl (C=O) groups is 1. The Labute approximate surface area is 115 Å². The number of thioether (sulfide) groups is 1. The zero-order chi connectivity index (χ0) is 13.6. The molecule has 0 aromatic rings. The van der Waals surface area contributed by atoms with Gasteiger partial charge in [0.15, 0.2) is 0 Å². The van der Waals surface area contributed by atoms with E-state index in [1.54, 1.807) is 7.11 Å². The molecule has 1 saturated carbocycles. The van der Waals surface area contributed by atoms with Crippen LogP contribution in [0.4, 0.5) is 4.79 Å². The number of rotatable bonds is 5. The van der Waals surface area contributed by atoms with Crippen LogP contribution in [0, 0.1) is 0 Å². The van der Waals surface area contributed by atoms with E-state index in [0.717, 1.165) is 25.0 Å². The lowest BCUT2D eigenvalue weighted by Crippen LogP contribution is -2.42. The first-order chi connectivity index (χ1) is 8.40. The average molecular weight is 274 g/mol. The van der Waals surface area contributed by atoms with Crippen LogP contribution in [0.5, 0.6) is 0 Å². The van der Waals surface area contributed by atoms with E-state index in [4.69, 9.17) is 4.74 Å². The van der Waals surface area contributed by atoms with E-state index >= 15 is 0 Å². The number of nitrogens with one attached hydrogen (secondary N) is 2. The van der Waals surface area contributed by atoms with Crippen LogP contribution in [0.3, 0.4) is 0 Å². The van der Waals surface area contributed by atoms with Gasteiger partial charge in [-0.05, 0) is 19.3 Å². The zero-order valence-electron chi connectivity index (χ0n) is 11.9. The molecule has 2 atom stereocenters. The summed E-state index contributed by atoms with van der Waals surface area (Å²) in [7, 11) is 1.73. The first kappa shape index (κ1) is 15.6. The summed E-state index contributed by atoms with van der Waals surface area (Å²) in [4.78, 5) is 11.6. The third-order valence-electron chi connectivity index (χ3n) is 2.98. The van der Waals surface area contributed by atoms with Gasteiger partial charge in [0.1, 0.15) is 0 Å². The van der Waals surface area contributed by atoms with Crippen molar-refractivity contribution in [3.8, 4) is 0 Å². The zero-order valence-corrected chi connectivity index (χ0v) is 12.7. The lowest BCUT2D eigenvalue weighted by atomic mass is 10.2. The molecule has 1 rings (SSSR count). The number of hydrogen-bond donors (Lipinski definition) is 2. The van der Waals surface area contributed by atoms with Gasteiger partial charge in [0.05, 0.1) is 6.10 Å². The molecular formula is C13H26N2O2S. The first-order valence-corrected chi connectivity index (χ1v) is 7.60. The Morgan fingerprint density at radius 3 is 2.67 bits per heavy atom. The lowest BCUT2D eigenvalue weighted by molar-refractivity contribution is 0.107. The van der Waals surface area contributed by atoms with Crippen LogP contribution >= 0.6 is 11.8 Å². The fraction of sp³-hybridized carbons (Fsp3) is 0.923. The van der Waals surface area contributed by atoms with Gasteiger partial charge in [0, 0.05) is 30.2 Å². The summed E-state index contributed by atoms with van der Waals surface area (Å²) in [5.41, 5.74) is 0. The van der Waals surface area contributed by atoms with Crippen molar-refractivity contribution in [2.45, 2.75) is 56.9 Å². The predicted molar refractivity (Wildman–Crippen MR) is 77.2 cm³/mol. The Morgan fingerprint density at radius 2 is 2.11 bits per heavy atom. The van der Waals surface area contributed by atoms with Gasteiger partial charge in [0.2, 0.25) is 0 Å². The molecule has 1 aliphatic carbocycles. The summed E-state index contributed by atoms with van der Waals surface area (Å²) >= 11 is 1.86. The normalized spacial score (nSPS) is 24.0. The summed E-state index contributed by atoms with van der Waals surface area (Å²) in [5.74, 6) is 0.947. The van der Waals surface area contributed by atoms with Crippen molar-refractivity contribution < 1.29 is 9.53 Å². The Kier molecular flexibility index (Phi) is 6.29. The molecule has 1 aliphatic rings. The summed E-state index contributed by atoms with van der Waals surface area (Å²) in [6, 6.07) is 0.219. The van der Waals surface area contributed by atoms with E-state index in [9.17, 15) is 4.79 Å². The van der Waals surface area contributed by atoms with Gasteiger partial charge < -0.3 is 15.4 Å². The second-order valence-electron chi connectivity index (χ2n) is 5.73. The molecule has 4 nitrogen and oxygen atoms in total. The number of amides is 2. The van der Waals surface area contributed by atoms with Gasteiger partial charge in [-0.15, -0.1) is 0 Å². The molecule has 0 aromatic heterocycles. The van der Waals surface area contributed by atoms with Crippen LogP contribution in [0.2, 0.25) is 0 Å². The molecule has 1 fully saturated rings. The molecule has 0 radical (unpaired) electrons. The summed E-state index contributed by atoms with van der Waals surface area (Å²) < 4.78 is 5.54.